The lowest BCUT2D eigenvalue weighted by Gasteiger charge is -2.28. The van der Waals surface area contributed by atoms with Crippen LogP contribution >= 0.6 is 11.3 Å². The zero-order valence-electron chi connectivity index (χ0n) is 16.0. The first kappa shape index (κ1) is 18.9. The van der Waals surface area contributed by atoms with Gasteiger partial charge in [-0.3, -0.25) is 14.6 Å². The number of ether oxygens (including phenoxy) is 2. The smallest absolute Gasteiger partial charge is 0.295 e. The highest BCUT2D eigenvalue weighted by Crippen LogP contribution is 2.36. The molecule has 0 atom stereocenters. The van der Waals surface area contributed by atoms with E-state index >= 15 is 0 Å². The predicted molar refractivity (Wildman–Crippen MR) is 109 cm³/mol. The van der Waals surface area contributed by atoms with Crippen LogP contribution in [0.15, 0.2) is 34.9 Å². The SMILES string of the molecule is COc1ccc(C)c2sc(N(CCN3CCOCC3)C(=O)c3ccco3)nc12. The fourth-order valence-electron chi connectivity index (χ4n) is 3.26. The maximum Gasteiger partial charge on any atom is 0.295 e. The summed E-state index contributed by atoms with van der Waals surface area (Å²) >= 11 is 1.50. The number of carbonyl (C=O) groups excluding carboxylic acids is 1. The predicted octanol–water partition coefficient (Wildman–Crippen LogP) is 3.19. The summed E-state index contributed by atoms with van der Waals surface area (Å²) in [7, 11) is 1.63. The number of nitrogens with zero attached hydrogens (tertiary/aromatic N) is 3. The standard InChI is InChI=1S/C20H23N3O4S/c1-14-5-6-15(25-2)17-18(14)28-20(21-17)23(19(24)16-4-3-11-27-16)8-7-22-9-12-26-13-10-22/h3-6,11H,7-10,12-13H2,1-2H3. The summed E-state index contributed by atoms with van der Waals surface area (Å²) in [6.45, 7) is 6.51. The van der Waals surface area contributed by atoms with Crippen molar-refractivity contribution in [2.45, 2.75) is 6.92 Å². The highest BCUT2D eigenvalue weighted by molar-refractivity contribution is 7.22. The average molecular weight is 401 g/mol. The van der Waals surface area contributed by atoms with Gasteiger partial charge >= 0.3 is 0 Å². The molecular formula is C20H23N3O4S. The number of rotatable bonds is 6. The van der Waals surface area contributed by atoms with Crippen molar-refractivity contribution in [3.05, 3.63) is 41.9 Å². The summed E-state index contributed by atoms with van der Waals surface area (Å²) in [5, 5.41) is 0.650. The van der Waals surface area contributed by atoms with E-state index in [0.717, 1.165) is 48.6 Å². The third-order valence-electron chi connectivity index (χ3n) is 4.86. The number of hydrogen-bond acceptors (Lipinski definition) is 7. The fraction of sp³-hybridized carbons (Fsp3) is 0.400. The summed E-state index contributed by atoms with van der Waals surface area (Å²) in [4.78, 5) is 21.9. The number of aromatic nitrogens is 1. The number of carbonyl (C=O) groups is 1. The van der Waals surface area contributed by atoms with E-state index in [4.69, 9.17) is 18.9 Å². The second-order valence-electron chi connectivity index (χ2n) is 6.65. The Bertz CT molecular complexity index is 948. The molecular weight excluding hydrogens is 378 g/mol. The Kier molecular flexibility index (Phi) is 5.61. The van der Waals surface area contributed by atoms with E-state index in [1.165, 1.54) is 17.6 Å². The second kappa shape index (κ2) is 8.30. The molecule has 3 heterocycles. The van der Waals surface area contributed by atoms with Crippen molar-refractivity contribution in [3.63, 3.8) is 0 Å². The van der Waals surface area contributed by atoms with Crippen molar-refractivity contribution in [1.82, 2.24) is 9.88 Å². The molecule has 28 heavy (non-hydrogen) atoms. The molecule has 0 N–H and O–H groups in total. The average Bonchev–Trinajstić information content (AvgIpc) is 3.40. The Morgan fingerprint density at radius 2 is 2.14 bits per heavy atom. The number of methoxy groups -OCH3 is 1. The monoisotopic (exact) mass is 401 g/mol. The molecule has 148 valence electrons. The van der Waals surface area contributed by atoms with Gasteiger partial charge in [-0.2, -0.15) is 0 Å². The van der Waals surface area contributed by atoms with Crippen LogP contribution in [0.4, 0.5) is 5.13 Å². The van der Waals surface area contributed by atoms with E-state index in [0.29, 0.717) is 23.2 Å². The quantitative estimate of drug-likeness (QED) is 0.632. The van der Waals surface area contributed by atoms with Gasteiger partial charge in [-0.25, -0.2) is 4.98 Å². The molecule has 1 amide bonds. The molecule has 4 rings (SSSR count). The number of hydrogen-bond donors (Lipinski definition) is 0. The van der Waals surface area contributed by atoms with Crippen molar-refractivity contribution in [2.75, 3.05) is 51.4 Å². The van der Waals surface area contributed by atoms with Gasteiger partial charge in [0.1, 0.15) is 11.3 Å². The number of morpholine rings is 1. The zero-order valence-corrected chi connectivity index (χ0v) is 16.8. The summed E-state index contributed by atoms with van der Waals surface area (Å²) in [5.74, 6) is 0.834. The second-order valence-corrected chi connectivity index (χ2v) is 7.62. The van der Waals surface area contributed by atoms with Crippen LogP contribution in [0.1, 0.15) is 16.1 Å². The number of benzene rings is 1. The van der Waals surface area contributed by atoms with E-state index in [2.05, 4.69) is 4.90 Å². The molecule has 0 radical (unpaired) electrons. The third kappa shape index (κ3) is 3.76. The van der Waals surface area contributed by atoms with Gasteiger partial charge in [0.05, 0.1) is 31.3 Å². The Labute approximate surface area is 167 Å². The van der Waals surface area contributed by atoms with Crippen LogP contribution in [0.3, 0.4) is 0 Å². The van der Waals surface area contributed by atoms with Gasteiger partial charge in [-0.1, -0.05) is 17.4 Å². The van der Waals surface area contributed by atoms with Crippen LogP contribution in [-0.4, -0.2) is 62.3 Å². The van der Waals surface area contributed by atoms with Crippen molar-refractivity contribution in [2.24, 2.45) is 0 Å². The van der Waals surface area contributed by atoms with Gasteiger partial charge in [0.15, 0.2) is 10.9 Å². The van der Waals surface area contributed by atoms with E-state index in [9.17, 15) is 4.79 Å². The maximum atomic E-state index is 13.1. The Morgan fingerprint density at radius 1 is 1.32 bits per heavy atom. The minimum atomic E-state index is -0.186. The van der Waals surface area contributed by atoms with Crippen LogP contribution in [-0.2, 0) is 4.74 Å². The molecule has 0 spiro atoms. The first-order chi connectivity index (χ1) is 13.7. The van der Waals surface area contributed by atoms with Gasteiger partial charge in [-0.05, 0) is 30.7 Å². The van der Waals surface area contributed by atoms with Crippen LogP contribution < -0.4 is 9.64 Å². The molecule has 3 aromatic rings. The van der Waals surface area contributed by atoms with Crippen LogP contribution in [0.5, 0.6) is 5.75 Å². The Hall–Kier alpha value is -2.42. The lowest BCUT2D eigenvalue weighted by molar-refractivity contribution is 0.0390. The molecule has 0 aliphatic carbocycles. The number of anilines is 1. The number of amides is 1. The molecule has 1 saturated heterocycles. The molecule has 2 aromatic heterocycles. The van der Waals surface area contributed by atoms with Crippen LogP contribution in [0, 0.1) is 6.92 Å². The van der Waals surface area contributed by atoms with Crippen LogP contribution in [0.2, 0.25) is 0 Å². The normalized spacial score (nSPS) is 15.1. The molecule has 1 aromatic carbocycles. The van der Waals surface area contributed by atoms with Gasteiger partial charge in [-0.15, -0.1) is 0 Å². The molecule has 1 aliphatic rings. The van der Waals surface area contributed by atoms with E-state index in [-0.39, 0.29) is 5.91 Å². The van der Waals surface area contributed by atoms with Gasteiger partial charge in [0.25, 0.3) is 5.91 Å². The number of aryl methyl sites for hydroxylation is 1. The molecule has 7 nitrogen and oxygen atoms in total. The van der Waals surface area contributed by atoms with E-state index in [1.54, 1.807) is 24.1 Å². The molecule has 0 saturated carbocycles. The number of fused-ring (bicyclic) bond motifs is 1. The highest BCUT2D eigenvalue weighted by Gasteiger charge is 2.25. The highest BCUT2D eigenvalue weighted by atomic mass is 32.1. The fourth-order valence-corrected chi connectivity index (χ4v) is 4.34. The lowest BCUT2D eigenvalue weighted by atomic mass is 10.2. The maximum absolute atomic E-state index is 13.1. The topological polar surface area (TPSA) is 68.0 Å². The summed E-state index contributed by atoms with van der Waals surface area (Å²) in [5.41, 5.74) is 1.89. The molecule has 0 unspecified atom stereocenters. The van der Waals surface area contributed by atoms with Crippen molar-refractivity contribution in [1.29, 1.82) is 0 Å². The van der Waals surface area contributed by atoms with Crippen molar-refractivity contribution < 1.29 is 18.7 Å². The summed E-state index contributed by atoms with van der Waals surface area (Å²) < 4.78 is 17.3. The largest absolute Gasteiger partial charge is 0.494 e. The minimum absolute atomic E-state index is 0.186. The molecule has 0 bridgehead atoms. The first-order valence-corrected chi connectivity index (χ1v) is 10.1. The lowest BCUT2D eigenvalue weighted by Crippen LogP contribution is -2.43. The van der Waals surface area contributed by atoms with Gasteiger partial charge in [0, 0.05) is 26.2 Å². The Morgan fingerprint density at radius 3 is 2.86 bits per heavy atom. The number of thiazole rings is 1. The number of furan rings is 1. The minimum Gasteiger partial charge on any atom is -0.494 e. The summed E-state index contributed by atoms with van der Waals surface area (Å²) in [6, 6.07) is 7.32. The zero-order chi connectivity index (χ0) is 19.5. The third-order valence-corrected chi connectivity index (χ3v) is 6.08. The van der Waals surface area contributed by atoms with E-state index < -0.39 is 0 Å². The molecule has 1 fully saturated rings. The first-order valence-electron chi connectivity index (χ1n) is 9.27. The van der Waals surface area contributed by atoms with E-state index in [1.807, 2.05) is 19.1 Å². The summed E-state index contributed by atoms with van der Waals surface area (Å²) in [6.07, 6.45) is 1.51. The van der Waals surface area contributed by atoms with Crippen LogP contribution in [0.25, 0.3) is 10.2 Å². The van der Waals surface area contributed by atoms with Crippen molar-refractivity contribution in [3.8, 4) is 5.75 Å². The van der Waals surface area contributed by atoms with Crippen molar-refractivity contribution >= 4 is 32.6 Å². The molecule has 1 aliphatic heterocycles. The van der Waals surface area contributed by atoms with Gasteiger partial charge < -0.3 is 13.9 Å². The Balaban J connectivity index is 1.67. The van der Waals surface area contributed by atoms with Gasteiger partial charge in [0.2, 0.25) is 0 Å². The molecule has 8 heteroatoms.